The quantitative estimate of drug-likeness (QED) is 0.758. The molecule has 0 spiro atoms. The average Bonchev–Trinajstić information content (AvgIpc) is 2.40. The Kier molecular flexibility index (Phi) is 5.25. The molecule has 0 aliphatic carbocycles. The highest BCUT2D eigenvalue weighted by atomic mass is 79.9. The Bertz CT molecular complexity index is 610. The van der Waals surface area contributed by atoms with E-state index >= 15 is 0 Å². The smallest absolute Gasteiger partial charge is 0.0551 e. The Morgan fingerprint density at radius 1 is 1.15 bits per heavy atom. The van der Waals surface area contributed by atoms with E-state index in [4.69, 9.17) is 11.6 Å². The lowest BCUT2D eigenvalue weighted by Crippen LogP contribution is -2.19. The number of rotatable bonds is 4. The van der Waals surface area contributed by atoms with Crippen LogP contribution in [0.3, 0.4) is 0 Å². The first-order valence-corrected chi connectivity index (χ1v) is 7.89. The van der Waals surface area contributed by atoms with Crippen LogP contribution in [0.15, 0.2) is 40.9 Å². The second-order valence-corrected chi connectivity index (χ2v) is 6.47. The molecule has 0 fully saturated rings. The Morgan fingerprint density at radius 2 is 1.90 bits per heavy atom. The van der Waals surface area contributed by atoms with Crippen molar-refractivity contribution in [1.82, 2.24) is 5.32 Å². The van der Waals surface area contributed by atoms with Crippen molar-refractivity contribution in [1.29, 1.82) is 0 Å². The molecule has 0 aliphatic rings. The zero-order chi connectivity index (χ0) is 14.7. The third-order valence-electron chi connectivity index (χ3n) is 3.49. The number of halogens is 2. The molecule has 0 aromatic heterocycles. The number of hydrogen-bond donors (Lipinski definition) is 1. The monoisotopic (exact) mass is 351 g/mol. The summed E-state index contributed by atoms with van der Waals surface area (Å²) < 4.78 is 0.936. The fraction of sp³-hybridized carbons (Fsp3) is 0.294. The summed E-state index contributed by atoms with van der Waals surface area (Å²) in [7, 11) is 0. The van der Waals surface area contributed by atoms with Gasteiger partial charge in [-0.15, -0.1) is 0 Å². The standard InChI is InChI=1S/C17H19BrClN/c1-11-4-6-15(12(2)8-11)13(3)20-10-14-5-7-16(18)17(19)9-14/h4-9,13,20H,10H2,1-3H3. The zero-order valence-electron chi connectivity index (χ0n) is 12.0. The van der Waals surface area contributed by atoms with Gasteiger partial charge in [-0.2, -0.15) is 0 Å². The van der Waals surface area contributed by atoms with Gasteiger partial charge >= 0.3 is 0 Å². The molecule has 0 bridgehead atoms. The SMILES string of the molecule is Cc1ccc(C(C)NCc2ccc(Br)c(Cl)c2)c(C)c1. The summed E-state index contributed by atoms with van der Waals surface area (Å²) in [6, 6.07) is 13.0. The van der Waals surface area contributed by atoms with Crippen molar-refractivity contribution >= 4 is 27.5 Å². The molecule has 1 nitrogen and oxygen atoms in total. The molecule has 0 aliphatic heterocycles. The van der Waals surface area contributed by atoms with E-state index in [2.05, 4.69) is 66.3 Å². The molecular formula is C17H19BrClN. The number of benzene rings is 2. The summed E-state index contributed by atoms with van der Waals surface area (Å²) >= 11 is 9.52. The molecule has 1 N–H and O–H groups in total. The highest BCUT2D eigenvalue weighted by Crippen LogP contribution is 2.24. The Hall–Kier alpha value is -0.830. The second kappa shape index (κ2) is 6.75. The van der Waals surface area contributed by atoms with E-state index < -0.39 is 0 Å². The molecule has 0 saturated heterocycles. The third kappa shape index (κ3) is 3.85. The van der Waals surface area contributed by atoms with Gasteiger partial charge in [0, 0.05) is 17.1 Å². The minimum absolute atomic E-state index is 0.318. The Labute approximate surface area is 134 Å². The first-order valence-electron chi connectivity index (χ1n) is 6.72. The van der Waals surface area contributed by atoms with E-state index in [1.54, 1.807) is 0 Å². The van der Waals surface area contributed by atoms with Crippen LogP contribution in [0.2, 0.25) is 5.02 Å². The molecule has 3 heteroatoms. The maximum absolute atomic E-state index is 6.11. The van der Waals surface area contributed by atoms with Crippen LogP contribution in [-0.4, -0.2) is 0 Å². The minimum atomic E-state index is 0.318. The lowest BCUT2D eigenvalue weighted by Gasteiger charge is -2.17. The van der Waals surface area contributed by atoms with Gasteiger partial charge in [0.1, 0.15) is 0 Å². The van der Waals surface area contributed by atoms with E-state index in [1.807, 2.05) is 12.1 Å². The summed E-state index contributed by atoms with van der Waals surface area (Å²) in [5.74, 6) is 0. The van der Waals surface area contributed by atoms with Gasteiger partial charge in [-0.1, -0.05) is 41.4 Å². The topological polar surface area (TPSA) is 12.0 Å². The summed E-state index contributed by atoms with van der Waals surface area (Å²) in [6.07, 6.45) is 0. The summed E-state index contributed by atoms with van der Waals surface area (Å²) in [5, 5.41) is 4.30. The van der Waals surface area contributed by atoms with Crippen molar-refractivity contribution in [2.24, 2.45) is 0 Å². The van der Waals surface area contributed by atoms with Gasteiger partial charge in [0.25, 0.3) is 0 Å². The first kappa shape index (κ1) is 15.6. The second-order valence-electron chi connectivity index (χ2n) is 5.21. The molecule has 0 saturated carbocycles. The van der Waals surface area contributed by atoms with Crippen LogP contribution < -0.4 is 5.32 Å². The zero-order valence-corrected chi connectivity index (χ0v) is 14.3. The van der Waals surface area contributed by atoms with Crippen molar-refractivity contribution in [2.75, 3.05) is 0 Å². The fourth-order valence-electron chi connectivity index (χ4n) is 2.34. The van der Waals surface area contributed by atoms with Crippen molar-refractivity contribution < 1.29 is 0 Å². The normalized spacial score (nSPS) is 12.4. The lowest BCUT2D eigenvalue weighted by atomic mass is 10.00. The molecule has 2 rings (SSSR count). The predicted octanol–water partition coefficient (Wildman–Crippen LogP) is 5.57. The van der Waals surface area contributed by atoms with E-state index in [9.17, 15) is 0 Å². The summed E-state index contributed by atoms with van der Waals surface area (Å²) in [6.45, 7) is 7.29. The van der Waals surface area contributed by atoms with Gasteiger partial charge in [0.15, 0.2) is 0 Å². The number of hydrogen-bond acceptors (Lipinski definition) is 1. The van der Waals surface area contributed by atoms with Crippen molar-refractivity contribution in [3.05, 3.63) is 68.1 Å². The van der Waals surface area contributed by atoms with E-state index in [0.717, 1.165) is 16.0 Å². The van der Waals surface area contributed by atoms with Gasteiger partial charge in [-0.05, 0) is 65.5 Å². The maximum Gasteiger partial charge on any atom is 0.0551 e. The summed E-state index contributed by atoms with van der Waals surface area (Å²) in [4.78, 5) is 0. The lowest BCUT2D eigenvalue weighted by molar-refractivity contribution is 0.572. The van der Waals surface area contributed by atoms with Gasteiger partial charge in [-0.25, -0.2) is 0 Å². The molecule has 106 valence electrons. The highest BCUT2D eigenvalue weighted by Gasteiger charge is 2.08. The predicted molar refractivity (Wildman–Crippen MR) is 90.3 cm³/mol. The maximum atomic E-state index is 6.11. The van der Waals surface area contributed by atoms with Crippen molar-refractivity contribution in [3.8, 4) is 0 Å². The molecule has 2 aromatic rings. The molecule has 1 unspecified atom stereocenters. The van der Waals surface area contributed by atoms with Crippen LogP contribution in [0.25, 0.3) is 0 Å². The van der Waals surface area contributed by atoms with Gasteiger partial charge in [0.2, 0.25) is 0 Å². The van der Waals surface area contributed by atoms with Crippen LogP contribution in [0, 0.1) is 13.8 Å². The van der Waals surface area contributed by atoms with Gasteiger partial charge in [-0.3, -0.25) is 0 Å². The van der Waals surface area contributed by atoms with E-state index in [1.165, 1.54) is 22.3 Å². The molecule has 0 amide bonds. The number of aryl methyl sites for hydroxylation is 2. The van der Waals surface area contributed by atoms with E-state index in [0.29, 0.717) is 6.04 Å². The molecule has 20 heavy (non-hydrogen) atoms. The van der Waals surface area contributed by atoms with Crippen LogP contribution in [-0.2, 0) is 6.54 Å². The molecule has 1 atom stereocenters. The van der Waals surface area contributed by atoms with Crippen LogP contribution in [0.5, 0.6) is 0 Å². The van der Waals surface area contributed by atoms with E-state index in [-0.39, 0.29) is 0 Å². The molecule has 2 aromatic carbocycles. The average molecular weight is 353 g/mol. The molecule has 0 radical (unpaired) electrons. The van der Waals surface area contributed by atoms with Gasteiger partial charge < -0.3 is 5.32 Å². The highest BCUT2D eigenvalue weighted by molar-refractivity contribution is 9.10. The van der Waals surface area contributed by atoms with Gasteiger partial charge in [0.05, 0.1) is 5.02 Å². The molecular weight excluding hydrogens is 334 g/mol. The summed E-state index contributed by atoms with van der Waals surface area (Å²) in [5.41, 5.74) is 5.17. The molecule has 0 heterocycles. The third-order valence-corrected chi connectivity index (χ3v) is 4.72. The van der Waals surface area contributed by atoms with Crippen LogP contribution in [0.4, 0.5) is 0 Å². The minimum Gasteiger partial charge on any atom is -0.306 e. The Morgan fingerprint density at radius 3 is 2.55 bits per heavy atom. The van der Waals surface area contributed by atoms with Crippen LogP contribution >= 0.6 is 27.5 Å². The van der Waals surface area contributed by atoms with Crippen molar-refractivity contribution in [2.45, 2.75) is 33.4 Å². The largest absolute Gasteiger partial charge is 0.306 e. The fourth-order valence-corrected chi connectivity index (χ4v) is 2.79. The Balaban J connectivity index is 2.04. The number of nitrogens with one attached hydrogen (secondary N) is 1. The van der Waals surface area contributed by atoms with Crippen LogP contribution in [0.1, 0.15) is 35.2 Å². The van der Waals surface area contributed by atoms with Crippen molar-refractivity contribution in [3.63, 3.8) is 0 Å². The first-order chi connectivity index (χ1) is 9.47.